The van der Waals surface area contributed by atoms with Gasteiger partial charge in [-0.15, -0.1) is 0 Å². The van der Waals surface area contributed by atoms with Gasteiger partial charge in [0.15, 0.2) is 5.60 Å². The monoisotopic (exact) mass is 578 g/mol. The molecule has 2 aliphatic rings. The molecule has 1 spiro atoms. The highest BCUT2D eigenvalue weighted by atomic mass is 35.5. The number of benzene rings is 5. The minimum absolute atomic E-state index is 0.357. The molecule has 0 saturated carbocycles. The van der Waals surface area contributed by atoms with E-state index in [1.165, 1.54) is 0 Å². The summed E-state index contributed by atoms with van der Waals surface area (Å²) < 4.78 is 13.0. The molecular formula is C34H24Cl2N2O3. The Morgan fingerprint density at radius 2 is 1.05 bits per heavy atom. The molecule has 0 N–H and O–H groups in total. The Bertz CT molecular complexity index is 1720. The van der Waals surface area contributed by atoms with Crippen molar-refractivity contribution in [2.75, 3.05) is 23.9 Å². The van der Waals surface area contributed by atoms with E-state index in [1.54, 1.807) is 0 Å². The highest BCUT2D eigenvalue weighted by molar-refractivity contribution is 6.30. The Balaban J connectivity index is 1.38. The first-order valence-corrected chi connectivity index (χ1v) is 13.9. The van der Waals surface area contributed by atoms with Crippen LogP contribution < -0.4 is 14.5 Å². The zero-order chi connectivity index (χ0) is 28.3. The van der Waals surface area contributed by atoms with Crippen LogP contribution in [0.2, 0.25) is 10.0 Å². The second kappa shape index (κ2) is 9.58. The van der Waals surface area contributed by atoms with Crippen molar-refractivity contribution in [1.29, 1.82) is 0 Å². The number of rotatable bonds is 4. The number of ether oxygens (including phenoxy) is 2. The van der Waals surface area contributed by atoms with Gasteiger partial charge in [-0.1, -0.05) is 41.4 Å². The summed E-state index contributed by atoms with van der Waals surface area (Å²) in [5.41, 5.74) is 5.55. The fourth-order valence-corrected chi connectivity index (χ4v) is 5.95. The van der Waals surface area contributed by atoms with Crippen molar-refractivity contribution in [3.63, 3.8) is 0 Å². The summed E-state index contributed by atoms with van der Waals surface area (Å²) in [6.45, 7) is 0. The number of hydrogen-bond donors (Lipinski definition) is 0. The van der Waals surface area contributed by atoms with Crippen LogP contribution >= 0.6 is 23.2 Å². The Hall–Kier alpha value is -4.45. The van der Waals surface area contributed by atoms with E-state index in [9.17, 15) is 4.79 Å². The average molecular weight is 579 g/mol. The Morgan fingerprint density at radius 3 is 1.56 bits per heavy atom. The van der Waals surface area contributed by atoms with Crippen molar-refractivity contribution >= 4 is 51.9 Å². The van der Waals surface area contributed by atoms with Crippen LogP contribution in [0.15, 0.2) is 109 Å². The van der Waals surface area contributed by atoms with Gasteiger partial charge >= 0.3 is 5.97 Å². The lowest BCUT2D eigenvalue weighted by atomic mass is 9.77. The molecule has 0 aliphatic carbocycles. The van der Waals surface area contributed by atoms with Crippen molar-refractivity contribution in [3.05, 3.63) is 141 Å². The number of hydrogen-bond acceptors (Lipinski definition) is 5. The number of anilines is 4. The maximum atomic E-state index is 13.2. The Labute approximate surface area is 248 Å². The second-order valence-electron chi connectivity index (χ2n) is 10.2. The topological polar surface area (TPSA) is 42.0 Å². The van der Waals surface area contributed by atoms with Crippen LogP contribution in [0.5, 0.6) is 11.5 Å². The molecule has 5 nitrogen and oxygen atoms in total. The van der Waals surface area contributed by atoms with Gasteiger partial charge in [0.05, 0.1) is 5.56 Å². The van der Waals surface area contributed by atoms with Gasteiger partial charge in [0.25, 0.3) is 0 Å². The van der Waals surface area contributed by atoms with E-state index in [1.807, 2.05) is 123 Å². The molecule has 7 heteroatoms. The highest BCUT2D eigenvalue weighted by Crippen LogP contribution is 2.57. The van der Waals surface area contributed by atoms with Gasteiger partial charge in [0, 0.05) is 75.7 Å². The Kier molecular flexibility index (Phi) is 5.96. The van der Waals surface area contributed by atoms with E-state index in [4.69, 9.17) is 32.7 Å². The molecule has 0 saturated heterocycles. The molecule has 0 bridgehead atoms. The van der Waals surface area contributed by atoms with Crippen LogP contribution in [0.3, 0.4) is 0 Å². The summed E-state index contributed by atoms with van der Waals surface area (Å²) in [7, 11) is 3.98. The van der Waals surface area contributed by atoms with Gasteiger partial charge in [0.1, 0.15) is 11.5 Å². The number of fused-ring (bicyclic) bond motifs is 6. The third-order valence-electron chi connectivity index (χ3n) is 7.88. The number of nitrogens with zero attached hydrogens (tertiary/aromatic N) is 2. The van der Waals surface area contributed by atoms with E-state index in [-0.39, 0.29) is 5.97 Å². The van der Waals surface area contributed by atoms with Crippen molar-refractivity contribution in [1.82, 2.24) is 0 Å². The van der Waals surface area contributed by atoms with Crippen molar-refractivity contribution < 1.29 is 14.3 Å². The average Bonchev–Trinajstić information content (AvgIpc) is 3.29. The summed E-state index contributed by atoms with van der Waals surface area (Å²) in [5, 5.41) is 1.35. The summed E-state index contributed by atoms with van der Waals surface area (Å²) in [6, 6.07) is 34.8. The molecule has 0 radical (unpaired) electrons. The molecule has 2 aliphatic heterocycles. The fourth-order valence-electron chi connectivity index (χ4n) is 5.70. The van der Waals surface area contributed by atoms with Crippen LogP contribution in [0.25, 0.3) is 0 Å². The van der Waals surface area contributed by atoms with Crippen LogP contribution in [-0.2, 0) is 10.3 Å². The fraction of sp³-hybridized carbons (Fsp3) is 0.0882. The van der Waals surface area contributed by atoms with E-state index >= 15 is 0 Å². The van der Waals surface area contributed by atoms with E-state index < -0.39 is 5.60 Å². The quantitative estimate of drug-likeness (QED) is 0.199. The largest absolute Gasteiger partial charge is 0.456 e. The van der Waals surface area contributed by atoms with E-state index in [2.05, 4.69) is 9.80 Å². The molecule has 5 aromatic rings. The molecule has 0 fully saturated rings. The first-order valence-electron chi connectivity index (χ1n) is 13.1. The lowest BCUT2D eigenvalue weighted by Crippen LogP contribution is -2.33. The zero-order valence-electron chi connectivity index (χ0n) is 22.3. The standard InChI is InChI=1S/C34H24Cl2N2O3/c1-37(23-11-7-21(35)8-12-23)25-15-17-29-31(19-25)40-32-20-26(38(2)24-13-9-22(36)10-14-24)16-18-30(32)34(29)28-6-4-3-5-27(28)33(39)41-34/h3-20H,1-2H3. The van der Waals surface area contributed by atoms with Crippen LogP contribution in [0.4, 0.5) is 22.7 Å². The molecule has 7 rings (SSSR count). The summed E-state index contributed by atoms with van der Waals surface area (Å²) in [5.74, 6) is 0.877. The highest BCUT2D eigenvalue weighted by Gasteiger charge is 2.53. The number of halogens is 2. The normalized spacial score (nSPS) is 14.0. The molecule has 2 heterocycles. The zero-order valence-corrected chi connectivity index (χ0v) is 23.8. The lowest BCUT2D eigenvalue weighted by Gasteiger charge is -2.37. The first-order chi connectivity index (χ1) is 19.8. The molecule has 41 heavy (non-hydrogen) atoms. The van der Waals surface area contributed by atoms with Gasteiger partial charge in [-0.25, -0.2) is 4.79 Å². The predicted molar refractivity (Wildman–Crippen MR) is 164 cm³/mol. The maximum Gasteiger partial charge on any atom is 0.340 e. The molecule has 0 unspecified atom stereocenters. The third kappa shape index (κ3) is 4.04. The number of esters is 1. The third-order valence-corrected chi connectivity index (χ3v) is 8.39. The molecule has 0 atom stereocenters. The summed E-state index contributed by atoms with van der Waals surface area (Å²) in [6.07, 6.45) is 0. The molecule has 0 aromatic heterocycles. The van der Waals surface area contributed by atoms with Gasteiger partial charge < -0.3 is 19.3 Å². The maximum absolute atomic E-state index is 13.2. The predicted octanol–water partition coefficient (Wildman–Crippen LogP) is 9.10. The van der Waals surface area contributed by atoms with Crippen LogP contribution in [-0.4, -0.2) is 20.1 Å². The summed E-state index contributed by atoms with van der Waals surface area (Å²) >= 11 is 12.2. The van der Waals surface area contributed by atoms with Crippen LogP contribution in [0.1, 0.15) is 27.0 Å². The van der Waals surface area contributed by atoms with Crippen molar-refractivity contribution in [3.8, 4) is 11.5 Å². The molecule has 0 amide bonds. The van der Waals surface area contributed by atoms with Gasteiger partial charge in [-0.05, 0) is 78.9 Å². The summed E-state index contributed by atoms with van der Waals surface area (Å²) in [4.78, 5) is 17.3. The van der Waals surface area contributed by atoms with Crippen molar-refractivity contribution in [2.45, 2.75) is 5.60 Å². The van der Waals surface area contributed by atoms with Gasteiger partial charge in [-0.3, -0.25) is 0 Å². The lowest BCUT2D eigenvalue weighted by molar-refractivity contribution is 0.0224. The van der Waals surface area contributed by atoms with E-state index in [0.29, 0.717) is 27.1 Å². The van der Waals surface area contributed by atoms with Crippen molar-refractivity contribution in [2.24, 2.45) is 0 Å². The SMILES string of the molecule is CN(c1ccc(Cl)cc1)c1ccc2c(c1)Oc1cc(N(C)c3ccc(Cl)cc3)ccc1C21OC(=O)c2ccccc21. The first kappa shape index (κ1) is 25.5. The van der Waals surface area contributed by atoms with Gasteiger partial charge in [-0.2, -0.15) is 0 Å². The molecule has 5 aromatic carbocycles. The smallest absolute Gasteiger partial charge is 0.340 e. The molecular weight excluding hydrogens is 555 g/mol. The van der Waals surface area contributed by atoms with E-state index in [0.717, 1.165) is 39.4 Å². The van der Waals surface area contributed by atoms with Gasteiger partial charge in [0.2, 0.25) is 0 Å². The minimum atomic E-state index is -1.13. The number of carbonyl (C=O) groups excluding carboxylic acids is 1. The number of carbonyl (C=O) groups is 1. The minimum Gasteiger partial charge on any atom is -0.456 e. The second-order valence-corrected chi connectivity index (χ2v) is 11.0. The molecule has 202 valence electrons. The Morgan fingerprint density at radius 1 is 0.585 bits per heavy atom. The van der Waals surface area contributed by atoms with Crippen LogP contribution in [0, 0.1) is 0 Å².